The molecule has 2 aliphatic heterocycles. The highest BCUT2D eigenvalue weighted by atomic mass is 32.2. The summed E-state index contributed by atoms with van der Waals surface area (Å²) in [5, 5.41) is 13.5. The number of nitrogens with one attached hydrogen (secondary N) is 1. The molecule has 7 heterocycles. The zero-order valence-electron chi connectivity index (χ0n) is 26.7. The number of rotatable bonds is 8. The molecule has 1 unspecified atom stereocenters. The van der Waals surface area contributed by atoms with Gasteiger partial charge in [0.05, 0.1) is 34.8 Å². The first kappa shape index (κ1) is 31.1. The number of methoxy groups -OCH3 is 1. The highest BCUT2D eigenvalue weighted by molar-refractivity contribution is 7.99. The van der Waals surface area contributed by atoms with Crippen molar-refractivity contribution >= 4 is 39.0 Å². The SMILES string of the molecule is CCC.COc1nnc(-c2c(CCC3CCOCC3)nc3c(c2-c2cc4ccnc(NC5CCc6ncccc65)c4s2)SCC3)o1. The average molecular weight is 657 g/mol. The zero-order valence-corrected chi connectivity index (χ0v) is 28.3. The van der Waals surface area contributed by atoms with Gasteiger partial charge in [-0.2, -0.15) is 0 Å². The summed E-state index contributed by atoms with van der Waals surface area (Å²) in [6.45, 7) is 5.93. The molecule has 1 N–H and O–H groups in total. The monoisotopic (exact) mass is 656 g/mol. The Hall–Kier alpha value is -3.54. The molecular weight excluding hydrogens is 617 g/mol. The summed E-state index contributed by atoms with van der Waals surface area (Å²) < 4.78 is 18.1. The third kappa shape index (κ3) is 6.24. The summed E-state index contributed by atoms with van der Waals surface area (Å²) in [4.78, 5) is 17.0. The number of hydrogen-bond donors (Lipinski definition) is 1. The van der Waals surface area contributed by atoms with E-state index >= 15 is 0 Å². The minimum Gasteiger partial charge on any atom is -0.452 e. The highest BCUT2D eigenvalue weighted by Gasteiger charge is 2.31. The second-order valence-electron chi connectivity index (χ2n) is 12.0. The van der Waals surface area contributed by atoms with Crippen LogP contribution in [0.1, 0.15) is 74.6 Å². The van der Waals surface area contributed by atoms with E-state index in [4.69, 9.17) is 23.9 Å². The van der Waals surface area contributed by atoms with Crippen molar-refractivity contribution in [3.8, 4) is 28.0 Å². The molecule has 1 aliphatic carbocycles. The standard InChI is InChI=1S/C32H32N6O3S2.C3H8/c1-39-32-38-37-31(41-32)26-23(5-4-18-9-14-40-15-10-18)35-24-11-16-42-29(24)27(26)25-17-19-8-13-34-30(28(19)43-25)36-22-7-6-21-20(22)3-2-12-33-21;1-3-2/h2-3,8,12-13,17-18,22H,4-7,9-11,14-16H2,1H3,(H,34,36);3H2,1-2H3. The van der Waals surface area contributed by atoms with Crippen molar-refractivity contribution in [3.05, 3.63) is 59.3 Å². The number of hydrogen-bond acceptors (Lipinski definition) is 11. The lowest BCUT2D eigenvalue weighted by Crippen LogP contribution is -2.16. The predicted molar refractivity (Wildman–Crippen MR) is 184 cm³/mol. The van der Waals surface area contributed by atoms with Gasteiger partial charge in [-0.3, -0.25) is 9.97 Å². The van der Waals surface area contributed by atoms with Crippen molar-refractivity contribution in [1.82, 2.24) is 25.1 Å². The van der Waals surface area contributed by atoms with Crippen LogP contribution < -0.4 is 10.1 Å². The average Bonchev–Trinajstić information content (AvgIpc) is 3.90. The summed E-state index contributed by atoms with van der Waals surface area (Å²) in [7, 11) is 1.55. The second-order valence-corrected chi connectivity index (χ2v) is 14.2. The fraction of sp³-hybridized carbons (Fsp3) is 0.457. The number of thioether (sulfide) groups is 1. The first-order valence-corrected chi connectivity index (χ1v) is 18.2. The van der Waals surface area contributed by atoms with E-state index in [1.807, 2.05) is 30.2 Å². The van der Waals surface area contributed by atoms with Crippen molar-refractivity contribution in [1.29, 1.82) is 0 Å². The number of fused-ring (bicyclic) bond motifs is 3. The number of thiophene rings is 1. The van der Waals surface area contributed by atoms with Crippen molar-refractivity contribution < 1.29 is 13.9 Å². The van der Waals surface area contributed by atoms with Crippen molar-refractivity contribution in [3.63, 3.8) is 0 Å². The van der Waals surface area contributed by atoms with Gasteiger partial charge in [0, 0.05) is 58.8 Å². The maximum atomic E-state index is 6.05. The van der Waals surface area contributed by atoms with E-state index < -0.39 is 0 Å². The van der Waals surface area contributed by atoms with Gasteiger partial charge >= 0.3 is 6.08 Å². The molecule has 11 heteroatoms. The minimum absolute atomic E-state index is 0.155. The van der Waals surface area contributed by atoms with Gasteiger partial charge in [-0.1, -0.05) is 31.4 Å². The number of aryl methyl sites for hydroxylation is 3. The molecule has 5 aromatic heterocycles. The van der Waals surface area contributed by atoms with Crippen LogP contribution >= 0.6 is 23.1 Å². The van der Waals surface area contributed by atoms with Gasteiger partial charge in [-0.05, 0) is 73.6 Å². The molecule has 0 radical (unpaired) electrons. The molecule has 0 bridgehead atoms. The molecule has 0 amide bonds. The molecule has 1 saturated heterocycles. The molecule has 1 atom stereocenters. The van der Waals surface area contributed by atoms with Crippen LogP contribution in [-0.4, -0.2) is 51.2 Å². The number of anilines is 1. The molecule has 0 saturated carbocycles. The first-order chi connectivity index (χ1) is 22.7. The highest BCUT2D eigenvalue weighted by Crippen LogP contribution is 2.50. The van der Waals surface area contributed by atoms with E-state index in [2.05, 4.69) is 52.5 Å². The summed E-state index contributed by atoms with van der Waals surface area (Å²) in [6, 6.07) is 8.78. The minimum atomic E-state index is 0.155. The molecular formula is C35H40N6O3S2. The van der Waals surface area contributed by atoms with Crippen LogP contribution in [0.4, 0.5) is 5.82 Å². The molecule has 3 aliphatic rings. The van der Waals surface area contributed by atoms with Crippen molar-refractivity contribution in [2.24, 2.45) is 5.92 Å². The van der Waals surface area contributed by atoms with Gasteiger partial charge in [0.2, 0.25) is 0 Å². The molecule has 1 fully saturated rings. The maximum Gasteiger partial charge on any atom is 0.414 e. The molecule has 240 valence electrons. The van der Waals surface area contributed by atoms with E-state index in [1.165, 1.54) is 28.3 Å². The fourth-order valence-corrected chi connectivity index (χ4v) is 8.98. The van der Waals surface area contributed by atoms with E-state index in [0.29, 0.717) is 11.8 Å². The van der Waals surface area contributed by atoms with Crippen molar-refractivity contribution in [2.75, 3.05) is 31.4 Å². The largest absolute Gasteiger partial charge is 0.452 e. The van der Waals surface area contributed by atoms with Gasteiger partial charge in [0.15, 0.2) is 0 Å². The smallest absolute Gasteiger partial charge is 0.414 e. The van der Waals surface area contributed by atoms with Crippen LogP contribution in [0.15, 0.2) is 46.0 Å². The summed E-state index contributed by atoms with van der Waals surface area (Å²) >= 11 is 3.63. The van der Waals surface area contributed by atoms with Gasteiger partial charge in [-0.15, -0.1) is 28.2 Å². The molecule has 5 aromatic rings. The number of ether oxygens (including phenoxy) is 2. The lowest BCUT2D eigenvalue weighted by Gasteiger charge is -2.22. The number of nitrogens with zero attached hydrogens (tertiary/aromatic N) is 5. The van der Waals surface area contributed by atoms with Crippen LogP contribution in [0, 0.1) is 5.92 Å². The van der Waals surface area contributed by atoms with Crippen LogP contribution in [0.2, 0.25) is 0 Å². The lowest BCUT2D eigenvalue weighted by atomic mass is 9.91. The third-order valence-electron chi connectivity index (χ3n) is 8.77. The fourth-order valence-electron chi connectivity index (χ4n) is 6.58. The second kappa shape index (κ2) is 14.1. The maximum absolute atomic E-state index is 6.05. The third-order valence-corrected chi connectivity index (χ3v) is 11.1. The quantitative estimate of drug-likeness (QED) is 0.175. The summed E-state index contributed by atoms with van der Waals surface area (Å²) in [5.41, 5.74) is 6.71. The van der Waals surface area contributed by atoms with Gasteiger partial charge in [0.1, 0.15) is 5.82 Å². The summed E-state index contributed by atoms with van der Waals surface area (Å²) in [6.07, 6.45) is 12.2. The lowest BCUT2D eigenvalue weighted by molar-refractivity contribution is 0.0639. The Kier molecular flexibility index (Phi) is 9.50. The topological polar surface area (TPSA) is 108 Å². The van der Waals surface area contributed by atoms with Crippen LogP contribution in [-0.2, 0) is 24.0 Å². The van der Waals surface area contributed by atoms with Gasteiger partial charge < -0.3 is 19.2 Å². The first-order valence-electron chi connectivity index (χ1n) is 16.4. The van der Waals surface area contributed by atoms with E-state index in [-0.39, 0.29) is 12.1 Å². The van der Waals surface area contributed by atoms with Gasteiger partial charge in [-0.25, -0.2) is 4.98 Å². The summed E-state index contributed by atoms with van der Waals surface area (Å²) in [5.74, 6) is 3.02. The Labute approximate surface area is 278 Å². The Morgan fingerprint density at radius 2 is 1.87 bits per heavy atom. The predicted octanol–water partition coefficient (Wildman–Crippen LogP) is 8.34. The number of pyridine rings is 3. The molecule has 0 aromatic carbocycles. The van der Waals surface area contributed by atoms with E-state index in [0.717, 1.165) is 102 Å². The van der Waals surface area contributed by atoms with E-state index in [9.17, 15) is 0 Å². The van der Waals surface area contributed by atoms with Crippen LogP contribution in [0.3, 0.4) is 0 Å². The van der Waals surface area contributed by atoms with E-state index in [1.54, 1.807) is 18.4 Å². The number of aromatic nitrogens is 5. The van der Waals surface area contributed by atoms with Gasteiger partial charge in [0.25, 0.3) is 5.89 Å². The Morgan fingerprint density at radius 3 is 2.70 bits per heavy atom. The Bertz CT molecular complexity index is 1820. The molecule has 46 heavy (non-hydrogen) atoms. The zero-order chi connectivity index (χ0) is 31.5. The molecule has 9 nitrogen and oxygen atoms in total. The molecule has 8 rings (SSSR count). The Morgan fingerprint density at radius 1 is 1.00 bits per heavy atom. The van der Waals surface area contributed by atoms with Crippen LogP contribution in [0.5, 0.6) is 6.08 Å². The van der Waals surface area contributed by atoms with Crippen LogP contribution in [0.25, 0.3) is 32.0 Å². The molecule has 0 spiro atoms. The normalized spacial score (nSPS) is 17.4. The van der Waals surface area contributed by atoms with Crippen molar-refractivity contribution in [2.45, 2.75) is 76.2 Å². The Balaban J connectivity index is 0.00000109.